The van der Waals surface area contributed by atoms with Crippen molar-refractivity contribution >= 4 is 22.8 Å². The molecule has 22 heavy (non-hydrogen) atoms. The molecule has 0 amide bonds. The van der Waals surface area contributed by atoms with Gasteiger partial charge in [-0.15, -0.1) is 0 Å². The van der Waals surface area contributed by atoms with Gasteiger partial charge in [0.05, 0.1) is 24.3 Å². The Morgan fingerprint density at radius 2 is 2.05 bits per heavy atom. The summed E-state index contributed by atoms with van der Waals surface area (Å²) in [4.78, 5) is 16.0. The molecule has 0 aliphatic heterocycles. The number of hydrogen-bond acceptors (Lipinski definition) is 4. The standard InChI is InChI=1S/C18H21NO3/c1-12(20)13-5-6-14-11-19-16(10-15(14)9-13)7-8-18(2,3)17(21)22-4/h5-12,20H,1-4H3/b8-7+/t12-/m1/s1. The van der Waals surface area contributed by atoms with Crippen molar-refractivity contribution in [3.8, 4) is 0 Å². The van der Waals surface area contributed by atoms with E-state index in [-0.39, 0.29) is 5.97 Å². The van der Waals surface area contributed by atoms with Gasteiger partial charge in [-0.1, -0.05) is 18.2 Å². The van der Waals surface area contributed by atoms with Crippen LogP contribution in [0.5, 0.6) is 0 Å². The molecule has 0 aliphatic carbocycles. The number of nitrogens with zero attached hydrogens (tertiary/aromatic N) is 1. The maximum atomic E-state index is 11.7. The number of rotatable bonds is 4. The summed E-state index contributed by atoms with van der Waals surface area (Å²) in [6.07, 6.45) is 4.87. The normalized spacial score (nSPS) is 13.5. The average Bonchev–Trinajstić information content (AvgIpc) is 2.51. The van der Waals surface area contributed by atoms with Crippen molar-refractivity contribution in [2.75, 3.05) is 7.11 Å². The smallest absolute Gasteiger partial charge is 0.315 e. The molecule has 0 aliphatic rings. The largest absolute Gasteiger partial charge is 0.468 e. The average molecular weight is 299 g/mol. The zero-order valence-electron chi connectivity index (χ0n) is 13.3. The molecule has 4 heteroatoms. The Labute approximate surface area is 130 Å². The molecule has 116 valence electrons. The Morgan fingerprint density at radius 1 is 1.32 bits per heavy atom. The Morgan fingerprint density at radius 3 is 2.68 bits per heavy atom. The van der Waals surface area contributed by atoms with E-state index in [1.54, 1.807) is 33.0 Å². The van der Waals surface area contributed by atoms with E-state index in [1.165, 1.54) is 7.11 Å². The number of aliphatic hydroxyl groups excluding tert-OH is 1. The third-order valence-corrected chi connectivity index (χ3v) is 3.63. The summed E-state index contributed by atoms with van der Waals surface area (Å²) in [7, 11) is 1.38. The molecule has 2 aromatic rings. The minimum Gasteiger partial charge on any atom is -0.468 e. The van der Waals surface area contributed by atoms with Gasteiger partial charge in [0.25, 0.3) is 0 Å². The van der Waals surface area contributed by atoms with Crippen LogP contribution in [0.2, 0.25) is 0 Å². The summed E-state index contributed by atoms with van der Waals surface area (Å²) in [5.74, 6) is -0.291. The molecule has 0 bridgehead atoms. The molecule has 4 nitrogen and oxygen atoms in total. The highest BCUT2D eigenvalue weighted by atomic mass is 16.5. The molecule has 0 saturated carbocycles. The van der Waals surface area contributed by atoms with E-state index in [1.807, 2.05) is 30.3 Å². The topological polar surface area (TPSA) is 59.4 Å². The number of esters is 1. The lowest BCUT2D eigenvalue weighted by molar-refractivity contribution is -0.148. The zero-order valence-corrected chi connectivity index (χ0v) is 13.3. The number of methoxy groups -OCH3 is 1. The molecule has 1 heterocycles. The van der Waals surface area contributed by atoms with E-state index < -0.39 is 11.5 Å². The van der Waals surface area contributed by atoms with E-state index in [4.69, 9.17) is 4.74 Å². The number of carbonyl (C=O) groups is 1. The predicted octanol–water partition coefficient (Wildman–Crippen LogP) is 3.50. The first-order valence-corrected chi connectivity index (χ1v) is 7.19. The van der Waals surface area contributed by atoms with E-state index in [9.17, 15) is 9.90 Å². The van der Waals surface area contributed by atoms with Crippen molar-refractivity contribution in [3.63, 3.8) is 0 Å². The van der Waals surface area contributed by atoms with Crippen LogP contribution in [0.1, 0.15) is 38.1 Å². The van der Waals surface area contributed by atoms with Crippen LogP contribution in [0.4, 0.5) is 0 Å². The highest BCUT2D eigenvalue weighted by Crippen LogP contribution is 2.23. The second-order valence-electron chi connectivity index (χ2n) is 5.94. The predicted molar refractivity (Wildman–Crippen MR) is 87.2 cm³/mol. The highest BCUT2D eigenvalue weighted by molar-refractivity contribution is 5.84. The second-order valence-corrected chi connectivity index (χ2v) is 5.94. The molecule has 1 N–H and O–H groups in total. The fourth-order valence-corrected chi connectivity index (χ4v) is 2.15. The highest BCUT2D eigenvalue weighted by Gasteiger charge is 2.25. The number of benzene rings is 1. The molecule has 1 atom stereocenters. The van der Waals surface area contributed by atoms with Crippen LogP contribution in [0, 0.1) is 5.41 Å². The van der Waals surface area contributed by atoms with E-state index >= 15 is 0 Å². The van der Waals surface area contributed by atoms with Gasteiger partial charge in [0.2, 0.25) is 0 Å². The van der Waals surface area contributed by atoms with Crippen molar-refractivity contribution in [2.45, 2.75) is 26.9 Å². The van der Waals surface area contributed by atoms with Gasteiger partial charge >= 0.3 is 5.97 Å². The molecule has 1 aromatic heterocycles. The van der Waals surface area contributed by atoms with Crippen LogP contribution in [-0.4, -0.2) is 23.2 Å². The summed E-state index contributed by atoms with van der Waals surface area (Å²) in [5.41, 5.74) is 0.920. The fourth-order valence-electron chi connectivity index (χ4n) is 2.15. The summed E-state index contributed by atoms with van der Waals surface area (Å²) < 4.78 is 4.78. The van der Waals surface area contributed by atoms with Gasteiger partial charge in [-0.05, 0) is 49.9 Å². The fraction of sp³-hybridized carbons (Fsp3) is 0.333. The zero-order chi connectivity index (χ0) is 16.3. The Hall–Kier alpha value is -2.20. The number of fused-ring (bicyclic) bond motifs is 1. The monoisotopic (exact) mass is 299 g/mol. The Kier molecular flexibility index (Phi) is 4.62. The Balaban J connectivity index is 2.34. The third-order valence-electron chi connectivity index (χ3n) is 3.63. The van der Waals surface area contributed by atoms with Crippen LogP contribution >= 0.6 is 0 Å². The van der Waals surface area contributed by atoms with Gasteiger partial charge in [0.15, 0.2) is 0 Å². The number of pyridine rings is 1. The van der Waals surface area contributed by atoms with Crippen molar-refractivity contribution in [1.29, 1.82) is 0 Å². The minimum atomic E-state index is -0.702. The van der Waals surface area contributed by atoms with Crippen LogP contribution in [0.15, 0.2) is 36.5 Å². The minimum absolute atomic E-state index is 0.291. The summed E-state index contributed by atoms with van der Waals surface area (Å²) >= 11 is 0. The van der Waals surface area contributed by atoms with Crippen LogP contribution in [0.25, 0.3) is 16.8 Å². The van der Waals surface area contributed by atoms with Crippen molar-refractivity contribution in [1.82, 2.24) is 4.98 Å². The molecule has 1 aromatic carbocycles. The number of carbonyl (C=O) groups excluding carboxylic acids is 1. The van der Waals surface area contributed by atoms with E-state index in [0.717, 1.165) is 22.0 Å². The van der Waals surface area contributed by atoms with E-state index in [0.29, 0.717) is 0 Å². The van der Waals surface area contributed by atoms with Gasteiger partial charge in [-0.3, -0.25) is 9.78 Å². The van der Waals surface area contributed by atoms with Gasteiger partial charge in [0, 0.05) is 11.6 Å². The third kappa shape index (κ3) is 3.52. The quantitative estimate of drug-likeness (QED) is 0.878. The molecule has 0 fully saturated rings. The van der Waals surface area contributed by atoms with Crippen LogP contribution in [-0.2, 0) is 9.53 Å². The number of aliphatic hydroxyl groups is 1. The Bertz CT molecular complexity index is 717. The molecule has 0 spiro atoms. The van der Waals surface area contributed by atoms with Gasteiger partial charge in [0.1, 0.15) is 0 Å². The number of hydrogen-bond donors (Lipinski definition) is 1. The molecular weight excluding hydrogens is 278 g/mol. The van der Waals surface area contributed by atoms with Gasteiger partial charge in [-0.25, -0.2) is 0 Å². The maximum Gasteiger partial charge on any atom is 0.315 e. The molecular formula is C18H21NO3. The SMILES string of the molecule is COC(=O)C(C)(C)/C=C/c1cc2cc([C@@H](C)O)ccc2cn1. The van der Waals surface area contributed by atoms with Crippen molar-refractivity contribution in [3.05, 3.63) is 47.8 Å². The summed E-state index contributed by atoms with van der Waals surface area (Å²) in [6, 6.07) is 7.72. The van der Waals surface area contributed by atoms with Crippen molar-refractivity contribution < 1.29 is 14.6 Å². The lowest BCUT2D eigenvalue weighted by atomic mass is 9.93. The van der Waals surface area contributed by atoms with Crippen molar-refractivity contribution in [2.24, 2.45) is 5.41 Å². The first-order chi connectivity index (χ1) is 10.3. The lowest BCUT2D eigenvalue weighted by Gasteiger charge is -2.16. The second kappa shape index (κ2) is 6.28. The summed E-state index contributed by atoms with van der Waals surface area (Å²) in [5, 5.41) is 11.7. The van der Waals surface area contributed by atoms with Gasteiger partial charge in [-0.2, -0.15) is 0 Å². The molecule has 0 radical (unpaired) electrons. The molecule has 0 unspecified atom stereocenters. The lowest BCUT2D eigenvalue weighted by Crippen LogP contribution is -2.22. The first kappa shape index (κ1) is 16.2. The molecule has 0 saturated heterocycles. The summed E-state index contributed by atoms with van der Waals surface area (Å²) in [6.45, 7) is 5.33. The van der Waals surface area contributed by atoms with Crippen LogP contribution < -0.4 is 0 Å². The molecule has 2 rings (SSSR count). The van der Waals surface area contributed by atoms with Gasteiger partial charge < -0.3 is 9.84 Å². The first-order valence-electron chi connectivity index (χ1n) is 7.19. The number of aromatic nitrogens is 1. The van der Waals surface area contributed by atoms with Crippen LogP contribution in [0.3, 0.4) is 0 Å². The number of ether oxygens (including phenoxy) is 1. The van der Waals surface area contributed by atoms with E-state index in [2.05, 4.69) is 4.98 Å². The maximum absolute atomic E-state index is 11.7.